The molecule has 0 spiro atoms. The van der Waals surface area contributed by atoms with Crippen molar-refractivity contribution in [2.45, 2.75) is 96.4 Å². The van der Waals surface area contributed by atoms with Gasteiger partial charge in [0.15, 0.2) is 0 Å². The van der Waals surface area contributed by atoms with Gasteiger partial charge in [-0.1, -0.05) is 45.4 Å². The minimum atomic E-state index is -4.41. The Morgan fingerprint density at radius 1 is 0.833 bits per heavy atom. The molecule has 0 bridgehead atoms. The second-order valence-corrected chi connectivity index (χ2v) is 8.11. The SMILES string of the molecule is CCCCCCCCCCCCC/C=C/C[C@@H](N)CO[PH](O)(O)O. The summed E-state index contributed by atoms with van der Waals surface area (Å²) < 4.78 is 4.51. The summed E-state index contributed by atoms with van der Waals surface area (Å²) in [5.41, 5.74) is 5.74. The van der Waals surface area contributed by atoms with Gasteiger partial charge >= 0.3 is 103 Å². The summed E-state index contributed by atoms with van der Waals surface area (Å²) in [5.74, 6) is 0. The van der Waals surface area contributed by atoms with Crippen LogP contribution in [0, 0.1) is 0 Å². The first-order chi connectivity index (χ1) is 11.5. The fraction of sp³-hybridized carbons (Fsp3) is 0.889. The molecule has 1 atom stereocenters. The van der Waals surface area contributed by atoms with Crippen LogP contribution in [-0.4, -0.2) is 27.3 Å². The van der Waals surface area contributed by atoms with Gasteiger partial charge in [0.05, 0.1) is 0 Å². The van der Waals surface area contributed by atoms with Gasteiger partial charge in [-0.15, -0.1) is 0 Å². The Morgan fingerprint density at radius 2 is 1.33 bits per heavy atom. The van der Waals surface area contributed by atoms with Crippen molar-refractivity contribution >= 4 is 8.17 Å². The Bertz CT molecular complexity index is 295. The van der Waals surface area contributed by atoms with Crippen LogP contribution in [0.3, 0.4) is 0 Å². The molecule has 0 saturated carbocycles. The van der Waals surface area contributed by atoms with Crippen LogP contribution in [-0.2, 0) is 4.52 Å². The molecule has 146 valence electrons. The monoisotopic (exact) mass is 365 g/mol. The molecule has 0 aromatic carbocycles. The maximum atomic E-state index is 8.72. The van der Waals surface area contributed by atoms with E-state index in [4.69, 9.17) is 20.4 Å². The van der Waals surface area contributed by atoms with Gasteiger partial charge in [0.25, 0.3) is 0 Å². The second kappa shape index (κ2) is 16.4. The fourth-order valence-electron chi connectivity index (χ4n) is 2.60. The van der Waals surface area contributed by atoms with Gasteiger partial charge in [-0.25, -0.2) is 0 Å². The van der Waals surface area contributed by atoms with Crippen LogP contribution in [0.1, 0.15) is 90.4 Å². The van der Waals surface area contributed by atoms with Crippen molar-refractivity contribution in [3.63, 3.8) is 0 Å². The van der Waals surface area contributed by atoms with Crippen LogP contribution in [0.4, 0.5) is 0 Å². The normalized spacial score (nSPS) is 14.4. The zero-order valence-corrected chi connectivity index (χ0v) is 16.5. The molecule has 0 aliphatic heterocycles. The van der Waals surface area contributed by atoms with Crippen LogP contribution in [0.5, 0.6) is 0 Å². The average Bonchev–Trinajstić information content (AvgIpc) is 2.52. The van der Waals surface area contributed by atoms with Crippen molar-refractivity contribution in [2.75, 3.05) is 6.61 Å². The van der Waals surface area contributed by atoms with Crippen molar-refractivity contribution in [3.05, 3.63) is 12.2 Å². The van der Waals surface area contributed by atoms with Crippen molar-refractivity contribution in [3.8, 4) is 0 Å². The fourth-order valence-corrected chi connectivity index (χ4v) is 3.04. The average molecular weight is 365 g/mol. The van der Waals surface area contributed by atoms with E-state index in [1.165, 1.54) is 70.6 Å². The summed E-state index contributed by atoms with van der Waals surface area (Å²) >= 11 is 0. The Kier molecular flexibility index (Phi) is 16.4. The zero-order chi connectivity index (χ0) is 18.1. The van der Waals surface area contributed by atoms with Gasteiger partial charge in [-0.05, 0) is 0 Å². The number of nitrogens with two attached hydrogens (primary N) is 1. The Hall–Kier alpha value is -0.0300. The van der Waals surface area contributed by atoms with Crippen molar-refractivity contribution in [1.29, 1.82) is 0 Å². The van der Waals surface area contributed by atoms with Crippen LogP contribution in [0.25, 0.3) is 0 Å². The maximum absolute atomic E-state index is 8.72. The van der Waals surface area contributed by atoms with Crippen molar-refractivity contribution < 1.29 is 19.2 Å². The molecular weight excluding hydrogens is 325 g/mol. The third kappa shape index (κ3) is 20.0. The summed E-state index contributed by atoms with van der Waals surface area (Å²) in [6.45, 7) is 2.21. The summed E-state index contributed by atoms with van der Waals surface area (Å²) in [6, 6.07) is -0.322. The van der Waals surface area contributed by atoms with Gasteiger partial charge in [-0.3, -0.25) is 0 Å². The van der Waals surface area contributed by atoms with Gasteiger partial charge in [0, 0.05) is 0 Å². The summed E-state index contributed by atoms with van der Waals surface area (Å²) in [7, 11) is -4.41. The third-order valence-corrected chi connectivity index (χ3v) is 4.62. The second-order valence-electron chi connectivity index (χ2n) is 6.68. The third-order valence-electron chi connectivity index (χ3n) is 4.07. The molecule has 0 saturated heterocycles. The number of unbranched alkanes of at least 4 members (excludes halogenated alkanes) is 11. The van der Waals surface area contributed by atoms with E-state index in [0.29, 0.717) is 6.42 Å². The van der Waals surface area contributed by atoms with Crippen LogP contribution >= 0.6 is 8.17 Å². The number of hydrogen-bond acceptors (Lipinski definition) is 5. The van der Waals surface area contributed by atoms with E-state index >= 15 is 0 Å². The zero-order valence-electron chi connectivity index (χ0n) is 15.5. The van der Waals surface area contributed by atoms with Crippen LogP contribution in [0.2, 0.25) is 0 Å². The number of rotatable bonds is 17. The van der Waals surface area contributed by atoms with Gasteiger partial charge < -0.3 is 0 Å². The summed E-state index contributed by atoms with van der Waals surface area (Å²) in [4.78, 5) is 26.1. The molecule has 24 heavy (non-hydrogen) atoms. The number of allylic oxidation sites excluding steroid dienone is 1. The van der Waals surface area contributed by atoms with Crippen LogP contribution < -0.4 is 5.73 Å². The molecule has 5 N–H and O–H groups in total. The molecule has 0 radical (unpaired) electrons. The van der Waals surface area contributed by atoms with Gasteiger partial charge in [-0.2, -0.15) is 0 Å². The van der Waals surface area contributed by atoms with E-state index in [-0.39, 0.29) is 12.6 Å². The van der Waals surface area contributed by atoms with Gasteiger partial charge in [0.1, 0.15) is 0 Å². The Morgan fingerprint density at radius 3 is 1.83 bits per heavy atom. The quantitative estimate of drug-likeness (QED) is 0.174. The number of hydrogen-bond donors (Lipinski definition) is 4. The first kappa shape index (κ1) is 24.0. The molecule has 0 unspecified atom stereocenters. The standard InChI is InChI=1S/C18H40NO4P/c1-2-3-4-5-6-7-8-9-10-11-12-13-14-15-16-18(19)17-23-24(20,21)22/h14-15,18,20-22,24H,2-13,16-17,19H2,1H3/b15-14+/t18-/m1/s1. The van der Waals surface area contributed by atoms with E-state index in [1.54, 1.807) is 0 Å². The van der Waals surface area contributed by atoms with Crippen LogP contribution in [0.15, 0.2) is 12.2 Å². The van der Waals surface area contributed by atoms with E-state index in [0.717, 1.165) is 6.42 Å². The molecule has 0 heterocycles. The molecule has 0 fully saturated rings. The Labute approximate surface area is 149 Å². The first-order valence-corrected chi connectivity index (χ1v) is 11.4. The molecular formula is C18H40NO4P. The topological polar surface area (TPSA) is 95.9 Å². The molecule has 0 aromatic rings. The van der Waals surface area contributed by atoms with Crippen molar-refractivity contribution in [2.24, 2.45) is 5.73 Å². The molecule has 0 rings (SSSR count). The summed E-state index contributed by atoms with van der Waals surface area (Å²) in [6.07, 6.45) is 20.7. The summed E-state index contributed by atoms with van der Waals surface area (Å²) in [5, 5.41) is 0. The molecule has 0 amide bonds. The predicted molar refractivity (Wildman–Crippen MR) is 104 cm³/mol. The molecule has 0 aliphatic rings. The first-order valence-electron chi connectivity index (χ1n) is 9.67. The predicted octanol–water partition coefficient (Wildman–Crippen LogP) is 4.36. The molecule has 0 aliphatic carbocycles. The molecule has 5 nitrogen and oxygen atoms in total. The molecule has 0 aromatic heterocycles. The van der Waals surface area contributed by atoms with E-state index in [9.17, 15) is 0 Å². The van der Waals surface area contributed by atoms with E-state index in [1.807, 2.05) is 6.08 Å². The van der Waals surface area contributed by atoms with E-state index < -0.39 is 8.17 Å². The van der Waals surface area contributed by atoms with Crippen molar-refractivity contribution in [1.82, 2.24) is 0 Å². The molecule has 6 heteroatoms. The minimum absolute atomic E-state index is 0.0431. The van der Waals surface area contributed by atoms with Gasteiger partial charge in [0.2, 0.25) is 0 Å². The van der Waals surface area contributed by atoms with E-state index in [2.05, 4.69) is 17.5 Å². The Balaban J connectivity index is 3.26.